The summed E-state index contributed by atoms with van der Waals surface area (Å²) in [5, 5.41) is 12.4. The Morgan fingerprint density at radius 1 is 1.37 bits per heavy atom. The minimum atomic E-state index is -0.728. The summed E-state index contributed by atoms with van der Waals surface area (Å²) in [6, 6.07) is 7.88. The quantitative estimate of drug-likeness (QED) is 0.884. The van der Waals surface area contributed by atoms with E-state index in [9.17, 15) is 9.90 Å². The molecule has 0 spiro atoms. The first kappa shape index (κ1) is 12.0. The van der Waals surface area contributed by atoms with Crippen LogP contribution in [-0.2, 0) is 4.79 Å². The van der Waals surface area contributed by atoms with E-state index in [0.29, 0.717) is 18.1 Å². The maximum Gasteiger partial charge on any atom is 0.311 e. The van der Waals surface area contributed by atoms with Crippen molar-refractivity contribution in [2.75, 3.05) is 11.9 Å². The summed E-state index contributed by atoms with van der Waals surface area (Å²) in [7, 11) is 0. The Hall–Kier alpha value is -2.04. The summed E-state index contributed by atoms with van der Waals surface area (Å²) < 4.78 is 5.54. The summed E-state index contributed by atoms with van der Waals surface area (Å²) in [6.07, 6.45) is 3.38. The predicted molar refractivity (Wildman–Crippen MR) is 71.0 cm³/mol. The lowest BCUT2D eigenvalue weighted by Gasteiger charge is -2.23. The highest BCUT2D eigenvalue weighted by atomic mass is 16.4. The number of carbonyl (C=O) groups is 1. The Balaban J connectivity index is 1.76. The normalized spacial score (nSPS) is 17.7. The predicted octanol–water partition coefficient (Wildman–Crippen LogP) is 2.88. The average molecular weight is 260 g/mol. The van der Waals surface area contributed by atoms with E-state index in [1.165, 1.54) is 0 Å². The number of nitrogens with one attached hydrogen (secondary N) is 1. The number of oxazole rings is 1. The van der Waals surface area contributed by atoms with E-state index in [1.54, 1.807) is 0 Å². The van der Waals surface area contributed by atoms with Crippen LogP contribution < -0.4 is 5.32 Å². The molecule has 1 aromatic carbocycles. The highest BCUT2D eigenvalue weighted by molar-refractivity contribution is 5.76. The van der Waals surface area contributed by atoms with Crippen molar-refractivity contribution in [3.05, 3.63) is 24.3 Å². The molecule has 3 rings (SSSR count). The van der Waals surface area contributed by atoms with Gasteiger partial charge in [0.05, 0.1) is 5.41 Å². The second-order valence-electron chi connectivity index (χ2n) is 5.13. The molecule has 0 bridgehead atoms. The number of aromatic nitrogens is 1. The Bertz CT molecular complexity index is 567. The molecule has 0 saturated heterocycles. The fraction of sp³-hybridized carbons (Fsp3) is 0.429. The van der Waals surface area contributed by atoms with Gasteiger partial charge in [0.1, 0.15) is 5.52 Å². The van der Waals surface area contributed by atoms with Gasteiger partial charge in [0.2, 0.25) is 0 Å². The van der Waals surface area contributed by atoms with E-state index < -0.39 is 11.4 Å². The van der Waals surface area contributed by atoms with Gasteiger partial charge in [0.15, 0.2) is 5.58 Å². The van der Waals surface area contributed by atoms with Crippen LogP contribution in [0.5, 0.6) is 0 Å². The number of fused-ring (bicyclic) bond motifs is 1. The summed E-state index contributed by atoms with van der Waals surface area (Å²) in [5.41, 5.74) is 0.822. The molecule has 0 aliphatic heterocycles. The molecule has 0 amide bonds. The van der Waals surface area contributed by atoms with E-state index in [1.807, 2.05) is 24.3 Å². The molecule has 1 fully saturated rings. The third-order valence-corrected chi connectivity index (χ3v) is 3.89. The zero-order valence-electron chi connectivity index (χ0n) is 10.6. The fourth-order valence-electron chi connectivity index (χ4n) is 2.71. The number of anilines is 1. The Labute approximate surface area is 110 Å². The highest BCUT2D eigenvalue weighted by Gasteiger charge is 2.41. The van der Waals surface area contributed by atoms with Crippen molar-refractivity contribution in [2.24, 2.45) is 5.41 Å². The van der Waals surface area contributed by atoms with Gasteiger partial charge in [-0.05, 0) is 25.0 Å². The number of benzene rings is 1. The van der Waals surface area contributed by atoms with E-state index in [0.717, 1.165) is 31.2 Å². The van der Waals surface area contributed by atoms with Crippen molar-refractivity contribution in [1.82, 2.24) is 4.98 Å². The molecule has 5 heteroatoms. The number of nitrogens with zero attached hydrogens (tertiary/aromatic N) is 1. The average Bonchev–Trinajstić information content (AvgIpc) is 3.03. The van der Waals surface area contributed by atoms with E-state index in [4.69, 9.17) is 4.42 Å². The molecule has 0 atom stereocenters. The zero-order valence-corrected chi connectivity index (χ0v) is 10.6. The second-order valence-corrected chi connectivity index (χ2v) is 5.13. The molecule has 100 valence electrons. The van der Waals surface area contributed by atoms with Crippen LogP contribution in [0.25, 0.3) is 11.1 Å². The van der Waals surface area contributed by atoms with Crippen molar-refractivity contribution in [3.63, 3.8) is 0 Å². The van der Waals surface area contributed by atoms with Crippen LogP contribution in [0.1, 0.15) is 25.7 Å². The van der Waals surface area contributed by atoms with E-state index >= 15 is 0 Å². The lowest BCUT2D eigenvalue weighted by molar-refractivity contribution is -0.147. The standard InChI is InChI=1S/C14H16N2O3/c17-12(18)14(7-3-4-8-14)9-15-13-16-10-5-1-2-6-11(10)19-13/h1-2,5-6H,3-4,7-9H2,(H,15,16)(H,17,18). The lowest BCUT2D eigenvalue weighted by atomic mass is 9.86. The van der Waals surface area contributed by atoms with E-state index in [-0.39, 0.29) is 0 Å². The van der Waals surface area contributed by atoms with Crippen molar-refractivity contribution in [1.29, 1.82) is 0 Å². The SMILES string of the molecule is O=C(O)C1(CNc2nc3ccccc3o2)CCCC1. The first-order chi connectivity index (χ1) is 9.20. The van der Waals surface area contributed by atoms with Gasteiger partial charge >= 0.3 is 5.97 Å². The summed E-state index contributed by atoms with van der Waals surface area (Å²) in [5.74, 6) is -0.728. The van der Waals surface area contributed by atoms with Crippen LogP contribution in [0.2, 0.25) is 0 Å². The monoisotopic (exact) mass is 260 g/mol. The molecule has 0 radical (unpaired) electrons. The van der Waals surface area contributed by atoms with Crippen LogP contribution in [0, 0.1) is 5.41 Å². The van der Waals surface area contributed by atoms with Crippen LogP contribution in [0.3, 0.4) is 0 Å². The molecule has 2 aromatic rings. The summed E-state index contributed by atoms with van der Waals surface area (Å²) >= 11 is 0. The molecule has 1 aliphatic rings. The molecule has 0 unspecified atom stereocenters. The highest BCUT2D eigenvalue weighted by Crippen LogP contribution is 2.38. The van der Waals surface area contributed by atoms with Crippen molar-refractivity contribution < 1.29 is 14.3 Å². The van der Waals surface area contributed by atoms with Gasteiger partial charge < -0.3 is 14.8 Å². The molecule has 1 aromatic heterocycles. The molecular weight excluding hydrogens is 244 g/mol. The third kappa shape index (κ3) is 2.16. The smallest absolute Gasteiger partial charge is 0.311 e. The first-order valence-corrected chi connectivity index (χ1v) is 6.52. The molecular formula is C14H16N2O3. The Kier molecular flexibility index (Phi) is 2.89. The van der Waals surface area contributed by atoms with E-state index in [2.05, 4.69) is 10.3 Å². The fourth-order valence-corrected chi connectivity index (χ4v) is 2.71. The maximum absolute atomic E-state index is 11.4. The molecule has 2 N–H and O–H groups in total. The number of hydrogen-bond acceptors (Lipinski definition) is 4. The number of rotatable bonds is 4. The molecule has 19 heavy (non-hydrogen) atoms. The lowest BCUT2D eigenvalue weighted by Crippen LogP contribution is -2.35. The van der Waals surface area contributed by atoms with Crippen LogP contribution in [-0.4, -0.2) is 22.6 Å². The van der Waals surface area contributed by atoms with Gasteiger partial charge in [0, 0.05) is 6.54 Å². The number of para-hydroxylation sites is 2. The Morgan fingerprint density at radius 3 is 2.79 bits per heavy atom. The largest absolute Gasteiger partial charge is 0.481 e. The van der Waals surface area contributed by atoms with Gasteiger partial charge in [-0.2, -0.15) is 4.98 Å². The topological polar surface area (TPSA) is 75.4 Å². The van der Waals surface area contributed by atoms with Crippen molar-refractivity contribution >= 4 is 23.1 Å². The third-order valence-electron chi connectivity index (χ3n) is 3.89. The summed E-state index contributed by atoms with van der Waals surface area (Å²) in [6.45, 7) is 0.370. The molecule has 5 nitrogen and oxygen atoms in total. The molecule has 1 heterocycles. The van der Waals surface area contributed by atoms with Crippen molar-refractivity contribution in [3.8, 4) is 0 Å². The van der Waals surface area contributed by atoms with Crippen LogP contribution in [0.4, 0.5) is 6.01 Å². The van der Waals surface area contributed by atoms with Crippen LogP contribution in [0.15, 0.2) is 28.7 Å². The molecule has 1 saturated carbocycles. The zero-order chi connectivity index (χ0) is 13.3. The summed E-state index contributed by atoms with van der Waals surface area (Å²) in [4.78, 5) is 15.7. The number of hydrogen-bond donors (Lipinski definition) is 2. The van der Waals surface area contributed by atoms with Gasteiger partial charge in [-0.1, -0.05) is 25.0 Å². The molecule has 1 aliphatic carbocycles. The first-order valence-electron chi connectivity index (χ1n) is 6.52. The Morgan fingerprint density at radius 2 is 2.11 bits per heavy atom. The maximum atomic E-state index is 11.4. The number of carboxylic acids is 1. The number of aliphatic carboxylic acids is 1. The second kappa shape index (κ2) is 4.57. The number of carboxylic acid groups (broad SMARTS) is 1. The minimum absolute atomic E-state index is 0.370. The van der Waals surface area contributed by atoms with Gasteiger partial charge in [-0.3, -0.25) is 4.79 Å². The minimum Gasteiger partial charge on any atom is -0.481 e. The van der Waals surface area contributed by atoms with Gasteiger partial charge in [-0.15, -0.1) is 0 Å². The van der Waals surface area contributed by atoms with Crippen LogP contribution >= 0.6 is 0 Å². The van der Waals surface area contributed by atoms with Gasteiger partial charge in [-0.25, -0.2) is 0 Å². The van der Waals surface area contributed by atoms with Gasteiger partial charge in [0.25, 0.3) is 6.01 Å². The van der Waals surface area contributed by atoms with Crippen molar-refractivity contribution in [2.45, 2.75) is 25.7 Å².